The van der Waals surface area contributed by atoms with Crippen molar-refractivity contribution in [2.75, 3.05) is 6.61 Å². The van der Waals surface area contributed by atoms with E-state index < -0.39 is 0 Å². The van der Waals surface area contributed by atoms with Gasteiger partial charge in [-0.05, 0) is 43.4 Å². The standard InChI is InChI=1S/C14H24O/c1-12-9-13(2,3)11-14(10-12)7-5-4-6-8-15-14/h4,6,12H,5,7-11H2,1-3H3/t12-,14-/m0/s1. The molecule has 2 aliphatic rings. The van der Waals surface area contributed by atoms with Crippen molar-refractivity contribution in [3.63, 3.8) is 0 Å². The summed E-state index contributed by atoms with van der Waals surface area (Å²) in [4.78, 5) is 0. The van der Waals surface area contributed by atoms with Crippen LogP contribution in [-0.2, 0) is 4.74 Å². The molecule has 0 aromatic heterocycles. The van der Waals surface area contributed by atoms with Gasteiger partial charge in [0.05, 0.1) is 12.2 Å². The summed E-state index contributed by atoms with van der Waals surface area (Å²) >= 11 is 0. The van der Waals surface area contributed by atoms with Gasteiger partial charge < -0.3 is 4.74 Å². The Morgan fingerprint density at radius 2 is 2.00 bits per heavy atom. The average molecular weight is 208 g/mol. The van der Waals surface area contributed by atoms with Crippen LogP contribution in [0.1, 0.15) is 52.9 Å². The number of allylic oxidation sites excluding steroid dienone is 1. The van der Waals surface area contributed by atoms with Crippen molar-refractivity contribution in [1.29, 1.82) is 0 Å². The van der Waals surface area contributed by atoms with Crippen molar-refractivity contribution in [3.8, 4) is 0 Å². The number of hydrogen-bond acceptors (Lipinski definition) is 1. The molecule has 0 aromatic carbocycles. The lowest BCUT2D eigenvalue weighted by molar-refractivity contribution is -0.104. The van der Waals surface area contributed by atoms with E-state index in [9.17, 15) is 0 Å². The van der Waals surface area contributed by atoms with E-state index in [1.807, 2.05) is 0 Å². The topological polar surface area (TPSA) is 9.23 Å². The van der Waals surface area contributed by atoms with Crippen LogP contribution in [0.4, 0.5) is 0 Å². The summed E-state index contributed by atoms with van der Waals surface area (Å²) in [6, 6.07) is 0. The van der Waals surface area contributed by atoms with Gasteiger partial charge in [-0.25, -0.2) is 0 Å². The molecule has 2 rings (SSSR count). The molecule has 0 saturated heterocycles. The monoisotopic (exact) mass is 208 g/mol. The molecule has 0 bridgehead atoms. The SMILES string of the molecule is C[C@H]1CC(C)(C)C[C@]2(CCC=CCO2)C1. The zero-order valence-electron chi connectivity index (χ0n) is 10.4. The van der Waals surface area contributed by atoms with Gasteiger partial charge in [-0.2, -0.15) is 0 Å². The fraction of sp³-hybridized carbons (Fsp3) is 0.857. The first-order valence-corrected chi connectivity index (χ1v) is 6.30. The van der Waals surface area contributed by atoms with Crippen LogP contribution in [0.5, 0.6) is 0 Å². The Hall–Kier alpha value is -0.300. The molecule has 0 amide bonds. The summed E-state index contributed by atoms with van der Waals surface area (Å²) in [5.41, 5.74) is 0.646. The maximum atomic E-state index is 6.15. The fourth-order valence-corrected chi connectivity index (χ4v) is 3.80. The lowest BCUT2D eigenvalue weighted by Gasteiger charge is -2.47. The van der Waals surface area contributed by atoms with Crippen LogP contribution < -0.4 is 0 Å². The maximum absolute atomic E-state index is 6.15. The van der Waals surface area contributed by atoms with Crippen LogP contribution >= 0.6 is 0 Å². The minimum atomic E-state index is 0.185. The van der Waals surface area contributed by atoms with Crippen molar-refractivity contribution in [1.82, 2.24) is 0 Å². The highest BCUT2D eigenvalue weighted by Crippen LogP contribution is 2.48. The van der Waals surface area contributed by atoms with Gasteiger partial charge in [0, 0.05) is 0 Å². The first-order chi connectivity index (χ1) is 7.02. The minimum Gasteiger partial charge on any atom is -0.371 e. The van der Waals surface area contributed by atoms with Crippen LogP contribution in [0.3, 0.4) is 0 Å². The van der Waals surface area contributed by atoms with Gasteiger partial charge in [-0.15, -0.1) is 0 Å². The van der Waals surface area contributed by atoms with Gasteiger partial charge in [0.25, 0.3) is 0 Å². The second-order valence-electron chi connectivity index (χ2n) is 6.36. The highest BCUT2D eigenvalue weighted by atomic mass is 16.5. The quantitative estimate of drug-likeness (QED) is 0.548. The lowest BCUT2D eigenvalue weighted by Crippen LogP contribution is -2.44. The Balaban J connectivity index is 2.12. The molecule has 1 aliphatic carbocycles. The number of ether oxygens (including phenoxy) is 1. The Bertz CT molecular complexity index is 242. The van der Waals surface area contributed by atoms with Gasteiger partial charge >= 0.3 is 0 Å². The normalized spacial score (nSPS) is 40.3. The predicted molar refractivity (Wildman–Crippen MR) is 63.9 cm³/mol. The van der Waals surface area contributed by atoms with E-state index in [2.05, 4.69) is 32.9 Å². The zero-order chi connectivity index (χ0) is 10.9. The van der Waals surface area contributed by atoms with Gasteiger partial charge in [-0.3, -0.25) is 0 Å². The molecular formula is C14H24O. The van der Waals surface area contributed by atoms with Crippen molar-refractivity contribution in [2.45, 2.75) is 58.5 Å². The average Bonchev–Trinajstić information content (AvgIpc) is 2.26. The minimum absolute atomic E-state index is 0.185. The Labute approximate surface area is 93.9 Å². The highest BCUT2D eigenvalue weighted by Gasteiger charge is 2.43. The molecule has 1 fully saturated rings. The molecule has 2 atom stereocenters. The molecule has 1 aliphatic heterocycles. The summed E-state index contributed by atoms with van der Waals surface area (Å²) < 4.78 is 6.15. The second-order valence-corrected chi connectivity index (χ2v) is 6.36. The van der Waals surface area contributed by atoms with Crippen molar-refractivity contribution < 1.29 is 4.74 Å². The largest absolute Gasteiger partial charge is 0.371 e. The maximum Gasteiger partial charge on any atom is 0.0697 e. The van der Waals surface area contributed by atoms with Crippen molar-refractivity contribution in [3.05, 3.63) is 12.2 Å². The van der Waals surface area contributed by atoms with Crippen LogP contribution in [0.2, 0.25) is 0 Å². The summed E-state index contributed by atoms with van der Waals surface area (Å²) in [6.45, 7) is 7.99. The smallest absolute Gasteiger partial charge is 0.0697 e. The van der Waals surface area contributed by atoms with E-state index >= 15 is 0 Å². The van der Waals surface area contributed by atoms with Gasteiger partial charge in [0.15, 0.2) is 0 Å². The first-order valence-electron chi connectivity index (χ1n) is 6.30. The van der Waals surface area contributed by atoms with E-state index in [0.717, 1.165) is 12.5 Å². The summed E-state index contributed by atoms with van der Waals surface area (Å²) in [6.07, 6.45) is 10.7. The molecule has 86 valence electrons. The third kappa shape index (κ3) is 2.63. The van der Waals surface area contributed by atoms with Crippen molar-refractivity contribution in [2.24, 2.45) is 11.3 Å². The molecule has 0 aromatic rings. The first kappa shape index (κ1) is 11.2. The van der Waals surface area contributed by atoms with Gasteiger partial charge in [-0.1, -0.05) is 32.9 Å². The Morgan fingerprint density at radius 1 is 1.20 bits per heavy atom. The zero-order valence-corrected chi connectivity index (χ0v) is 10.4. The number of hydrogen-bond donors (Lipinski definition) is 0. The van der Waals surface area contributed by atoms with E-state index in [4.69, 9.17) is 4.74 Å². The van der Waals surface area contributed by atoms with Gasteiger partial charge in [0.2, 0.25) is 0 Å². The van der Waals surface area contributed by atoms with E-state index in [0.29, 0.717) is 5.41 Å². The fourth-order valence-electron chi connectivity index (χ4n) is 3.80. The van der Waals surface area contributed by atoms with E-state index in [-0.39, 0.29) is 5.60 Å². The molecule has 15 heavy (non-hydrogen) atoms. The lowest BCUT2D eigenvalue weighted by atomic mass is 9.64. The van der Waals surface area contributed by atoms with Crippen LogP contribution in [0.25, 0.3) is 0 Å². The van der Waals surface area contributed by atoms with E-state index in [1.165, 1.54) is 32.1 Å². The third-order valence-electron chi connectivity index (χ3n) is 3.84. The van der Waals surface area contributed by atoms with Crippen LogP contribution in [0, 0.1) is 11.3 Å². The molecule has 1 heterocycles. The van der Waals surface area contributed by atoms with Crippen LogP contribution in [-0.4, -0.2) is 12.2 Å². The molecule has 1 heteroatoms. The molecular weight excluding hydrogens is 184 g/mol. The van der Waals surface area contributed by atoms with Crippen LogP contribution in [0.15, 0.2) is 12.2 Å². The Morgan fingerprint density at radius 3 is 2.73 bits per heavy atom. The Kier molecular flexibility index (Phi) is 2.94. The third-order valence-corrected chi connectivity index (χ3v) is 3.84. The molecule has 1 spiro atoms. The molecule has 0 radical (unpaired) electrons. The highest BCUT2D eigenvalue weighted by molar-refractivity contribution is 4.99. The van der Waals surface area contributed by atoms with Gasteiger partial charge in [0.1, 0.15) is 0 Å². The van der Waals surface area contributed by atoms with Crippen molar-refractivity contribution >= 4 is 0 Å². The predicted octanol–water partition coefficient (Wildman–Crippen LogP) is 3.94. The van der Waals surface area contributed by atoms with E-state index in [1.54, 1.807) is 0 Å². The summed E-state index contributed by atoms with van der Waals surface area (Å²) in [5, 5.41) is 0. The molecule has 0 unspecified atom stereocenters. The summed E-state index contributed by atoms with van der Waals surface area (Å²) in [5.74, 6) is 0.812. The second kappa shape index (κ2) is 3.93. The summed E-state index contributed by atoms with van der Waals surface area (Å²) in [7, 11) is 0. The molecule has 1 nitrogen and oxygen atoms in total. The molecule has 0 N–H and O–H groups in total. The molecule has 1 saturated carbocycles. The number of rotatable bonds is 0.